The van der Waals surface area contributed by atoms with Crippen molar-refractivity contribution in [3.8, 4) is 0 Å². The monoisotopic (exact) mass is 356 g/mol. The predicted octanol–water partition coefficient (Wildman–Crippen LogP) is 2.79. The Kier molecular flexibility index (Phi) is 5.19. The zero-order chi connectivity index (χ0) is 15.4. The zero-order valence-electron chi connectivity index (χ0n) is 11.6. The molecule has 21 heavy (non-hydrogen) atoms. The van der Waals surface area contributed by atoms with Gasteiger partial charge in [-0.2, -0.15) is 0 Å². The normalized spacial score (nSPS) is 15.8. The van der Waals surface area contributed by atoms with Crippen LogP contribution in [0, 0.1) is 0 Å². The van der Waals surface area contributed by atoms with Crippen molar-refractivity contribution >= 4 is 33.6 Å². The van der Waals surface area contributed by atoms with E-state index in [9.17, 15) is 9.59 Å². The topological polar surface area (TPSA) is 78.9 Å². The van der Waals surface area contributed by atoms with Gasteiger partial charge in [-0.05, 0) is 47.0 Å². The number of nitrogens with zero attached hydrogens (tertiary/aromatic N) is 1. The average molecular weight is 357 g/mol. The van der Waals surface area contributed by atoms with Crippen molar-refractivity contribution < 1.29 is 19.4 Å². The summed E-state index contributed by atoms with van der Waals surface area (Å²) in [6.07, 6.45) is 1.86. The summed E-state index contributed by atoms with van der Waals surface area (Å²) in [5, 5.41) is 11.7. The molecule has 114 valence electrons. The van der Waals surface area contributed by atoms with E-state index in [1.165, 1.54) is 12.1 Å². The highest BCUT2D eigenvalue weighted by Gasteiger charge is 2.22. The third-order valence-corrected chi connectivity index (χ3v) is 4.18. The Balaban J connectivity index is 1.98. The van der Waals surface area contributed by atoms with Crippen molar-refractivity contribution in [2.75, 3.05) is 25.5 Å². The molecule has 6 nitrogen and oxygen atoms in total. The number of hydrogen-bond acceptors (Lipinski definition) is 3. The molecule has 7 heteroatoms. The highest BCUT2D eigenvalue weighted by Crippen LogP contribution is 2.24. The molecule has 1 saturated heterocycles. The maximum absolute atomic E-state index is 12.2. The van der Waals surface area contributed by atoms with Gasteiger partial charge in [-0.1, -0.05) is 0 Å². The van der Waals surface area contributed by atoms with E-state index in [0.717, 1.165) is 12.8 Å². The van der Waals surface area contributed by atoms with Gasteiger partial charge in [0, 0.05) is 24.7 Å². The van der Waals surface area contributed by atoms with Crippen LogP contribution in [0.15, 0.2) is 22.7 Å². The van der Waals surface area contributed by atoms with Gasteiger partial charge in [0.1, 0.15) is 0 Å². The van der Waals surface area contributed by atoms with Gasteiger partial charge in [-0.25, -0.2) is 9.59 Å². The van der Waals surface area contributed by atoms with Gasteiger partial charge in [0.2, 0.25) is 0 Å². The summed E-state index contributed by atoms with van der Waals surface area (Å²) in [6, 6.07) is 4.32. The van der Waals surface area contributed by atoms with Crippen LogP contribution in [-0.4, -0.2) is 48.3 Å². The van der Waals surface area contributed by atoms with E-state index in [1.54, 1.807) is 18.1 Å². The van der Waals surface area contributed by atoms with Crippen molar-refractivity contribution in [1.82, 2.24) is 4.90 Å². The summed E-state index contributed by atoms with van der Waals surface area (Å²) in [5.74, 6) is -1.00. The predicted molar refractivity (Wildman–Crippen MR) is 81.7 cm³/mol. The quantitative estimate of drug-likeness (QED) is 0.872. The number of amides is 2. The fraction of sp³-hybridized carbons (Fsp3) is 0.429. The second-order valence-electron chi connectivity index (χ2n) is 4.85. The standard InChI is InChI=1S/C14H17BrN2O4/c1-21-10-4-6-17(7-5-10)14(20)16-12-3-2-9(13(18)19)8-11(12)15/h2-3,8,10H,4-7H2,1H3,(H,16,20)(H,18,19). The summed E-state index contributed by atoms with van der Waals surface area (Å²) < 4.78 is 5.81. The number of anilines is 1. The van der Waals surface area contributed by atoms with Crippen LogP contribution in [0.5, 0.6) is 0 Å². The molecule has 0 atom stereocenters. The summed E-state index contributed by atoms with van der Waals surface area (Å²) in [4.78, 5) is 24.8. The number of carbonyl (C=O) groups excluding carboxylic acids is 1. The van der Waals surface area contributed by atoms with E-state index in [0.29, 0.717) is 23.2 Å². The van der Waals surface area contributed by atoms with Crippen molar-refractivity contribution in [2.24, 2.45) is 0 Å². The molecule has 0 radical (unpaired) electrons. The zero-order valence-corrected chi connectivity index (χ0v) is 13.2. The van der Waals surface area contributed by atoms with Gasteiger partial charge >= 0.3 is 12.0 Å². The molecule has 1 aliphatic rings. The lowest BCUT2D eigenvalue weighted by molar-refractivity contribution is 0.0521. The molecular weight excluding hydrogens is 340 g/mol. The Bertz CT molecular complexity index is 542. The van der Waals surface area contributed by atoms with Crippen LogP contribution in [-0.2, 0) is 4.74 Å². The Morgan fingerprint density at radius 2 is 2.05 bits per heavy atom. The number of benzene rings is 1. The molecule has 2 rings (SSSR count). The molecule has 1 heterocycles. The van der Waals surface area contributed by atoms with Gasteiger partial charge in [0.05, 0.1) is 17.4 Å². The van der Waals surface area contributed by atoms with Crippen molar-refractivity contribution in [2.45, 2.75) is 18.9 Å². The highest BCUT2D eigenvalue weighted by atomic mass is 79.9. The van der Waals surface area contributed by atoms with Crippen LogP contribution in [0.4, 0.5) is 10.5 Å². The number of carboxylic acid groups (broad SMARTS) is 1. The number of urea groups is 1. The van der Waals surface area contributed by atoms with Crippen LogP contribution in [0.25, 0.3) is 0 Å². The minimum Gasteiger partial charge on any atom is -0.478 e. The molecule has 0 unspecified atom stereocenters. The first-order valence-corrected chi connectivity index (χ1v) is 7.42. The number of halogens is 1. The minimum absolute atomic E-state index is 0.167. The number of aromatic carboxylic acids is 1. The smallest absolute Gasteiger partial charge is 0.335 e. The van der Waals surface area contributed by atoms with Crippen molar-refractivity contribution in [1.29, 1.82) is 0 Å². The molecule has 0 saturated carbocycles. The summed E-state index contributed by atoms with van der Waals surface area (Å²) in [5.41, 5.74) is 0.722. The fourth-order valence-corrected chi connectivity index (χ4v) is 2.72. The minimum atomic E-state index is -1.00. The fourth-order valence-electron chi connectivity index (χ4n) is 2.24. The third kappa shape index (κ3) is 3.95. The number of methoxy groups -OCH3 is 1. The second kappa shape index (κ2) is 6.91. The molecule has 1 aromatic rings. The average Bonchev–Trinajstić information content (AvgIpc) is 2.49. The Labute approximate surface area is 131 Å². The van der Waals surface area contributed by atoms with Crippen molar-refractivity contribution in [3.63, 3.8) is 0 Å². The SMILES string of the molecule is COC1CCN(C(=O)Nc2ccc(C(=O)O)cc2Br)CC1. The number of likely N-dealkylation sites (tertiary alicyclic amines) is 1. The highest BCUT2D eigenvalue weighted by molar-refractivity contribution is 9.10. The van der Waals surface area contributed by atoms with Gasteiger partial charge in [0.25, 0.3) is 0 Å². The number of nitrogens with one attached hydrogen (secondary N) is 1. The molecule has 0 aliphatic carbocycles. The van der Waals surface area contributed by atoms with Crippen LogP contribution < -0.4 is 5.32 Å². The summed E-state index contributed by atoms with van der Waals surface area (Å²) in [6.45, 7) is 1.30. The molecule has 1 fully saturated rings. The van der Waals surface area contributed by atoms with Gasteiger partial charge in [-0.3, -0.25) is 0 Å². The Morgan fingerprint density at radius 1 is 1.38 bits per heavy atom. The third-order valence-electron chi connectivity index (χ3n) is 3.52. The van der Waals surface area contributed by atoms with E-state index >= 15 is 0 Å². The molecule has 2 N–H and O–H groups in total. The second-order valence-corrected chi connectivity index (χ2v) is 5.71. The molecule has 0 spiro atoms. The van der Waals surface area contributed by atoms with Crippen LogP contribution >= 0.6 is 15.9 Å². The number of rotatable bonds is 3. The van der Waals surface area contributed by atoms with Crippen LogP contribution in [0.1, 0.15) is 23.2 Å². The lowest BCUT2D eigenvalue weighted by Crippen LogP contribution is -2.42. The maximum atomic E-state index is 12.2. The van der Waals surface area contributed by atoms with Crippen LogP contribution in [0.2, 0.25) is 0 Å². The number of carbonyl (C=O) groups is 2. The van der Waals surface area contributed by atoms with Gasteiger partial charge in [0.15, 0.2) is 0 Å². The van der Waals surface area contributed by atoms with E-state index in [1.807, 2.05) is 0 Å². The first kappa shape index (κ1) is 15.8. The Hall–Kier alpha value is -1.60. The lowest BCUT2D eigenvalue weighted by atomic mass is 10.1. The summed E-state index contributed by atoms with van der Waals surface area (Å²) >= 11 is 3.27. The maximum Gasteiger partial charge on any atom is 0.335 e. The first-order chi connectivity index (χ1) is 10.0. The largest absolute Gasteiger partial charge is 0.478 e. The number of piperidine rings is 1. The van der Waals surface area contributed by atoms with Gasteiger partial charge < -0.3 is 20.1 Å². The molecule has 1 aromatic carbocycles. The number of hydrogen-bond donors (Lipinski definition) is 2. The molecule has 0 aromatic heterocycles. The summed E-state index contributed by atoms with van der Waals surface area (Å²) in [7, 11) is 1.68. The van der Waals surface area contributed by atoms with E-state index in [2.05, 4.69) is 21.2 Å². The van der Waals surface area contributed by atoms with E-state index in [4.69, 9.17) is 9.84 Å². The lowest BCUT2D eigenvalue weighted by Gasteiger charge is -2.31. The number of ether oxygens (including phenoxy) is 1. The molecule has 1 aliphatic heterocycles. The first-order valence-electron chi connectivity index (χ1n) is 6.63. The van der Waals surface area contributed by atoms with Gasteiger partial charge in [-0.15, -0.1) is 0 Å². The molecular formula is C14H17BrN2O4. The Morgan fingerprint density at radius 3 is 2.57 bits per heavy atom. The molecule has 2 amide bonds. The number of carboxylic acids is 1. The van der Waals surface area contributed by atoms with Crippen molar-refractivity contribution in [3.05, 3.63) is 28.2 Å². The molecule has 0 bridgehead atoms. The van der Waals surface area contributed by atoms with Crippen LogP contribution in [0.3, 0.4) is 0 Å². The van der Waals surface area contributed by atoms with E-state index in [-0.39, 0.29) is 17.7 Å². The van der Waals surface area contributed by atoms with E-state index < -0.39 is 5.97 Å².